The highest BCUT2D eigenvalue weighted by Gasteiger charge is 2.62. The van der Waals surface area contributed by atoms with Crippen molar-refractivity contribution in [2.45, 2.75) is 51.3 Å². The Kier molecular flexibility index (Phi) is 3.81. The van der Waals surface area contributed by atoms with Crippen molar-refractivity contribution < 1.29 is 23.6 Å². The summed E-state index contributed by atoms with van der Waals surface area (Å²) >= 11 is 0. The van der Waals surface area contributed by atoms with E-state index in [-0.39, 0.29) is 17.6 Å². The summed E-state index contributed by atoms with van der Waals surface area (Å²) in [4.78, 5) is 11.4. The topological polar surface area (TPSA) is 80.9 Å². The van der Waals surface area contributed by atoms with Crippen LogP contribution in [0, 0.1) is 17.3 Å². The van der Waals surface area contributed by atoms with Gasteiger partial charge in [-0.05, 0) is 48.1 Å². The Bertz CT molecular complexity index is 880. The number of furan rings is 1. The smallest absolute Gasteiger partial charge is 0.465 e. The zero-order valence-corrected chi connectivity index (χ0v) is 15.6. The average Bonchev–Trinajstić information content (AvgIpc) is 3.24. The molecule has 0 spiro atoms. The molecule has 5 atom stereocenters. The first-order valence-electron chi connectivity index (χ1n) is 9.69. The van der Waals surface area contributed by atoms with E-state index in [1.165, 1.54) is 6.42 Å². The molecule has 2 aromatic rings. The van der Waals surface area contributed by atoms with E-state index in [4.69, 9.17) is 13.7 Å². The molecule has 27 heavy (non-hydrogen) atoms. The van der Waals surface area contributed by atoms with Crippen molar-refractivity contribution in [1.29, 1.82) is 0 Å². The first-order chi connectivity index (χ1) is 12.9. The van der Waals surface area contributed by atoms with E-state index in [9.17, 15) is 9.90 Å². The van der Waals surface area contributed by atoms with E-state index in [0.717, 1.165) is 23.0 Å². The summed E-state index contributed by atoms with van der Waals surface area (Å²) in [6.07, 6.45) is 3.42. The molecule has 1 saturated heterocycles. The number of amides is 1. The van der Waals surface area contributed by atoms with Crippen LogP contribution in [-0.4, -0.2) is 36.5 Å². The molecule has 6 rings (SSSR count). The summed E-state index contributed by atoms with van der Waals surface area (Å²) in [6.45, 7) is 4.62. The van der Waals surface area contributed by atoms with Crippen molar-refractivity contribution in [3.8, 4) is 0 Å². The monoisotopic (exact) mass is 369 g/mol. The second-order valence-corrected chi connectivity index (χ2v) is 8.76. The van der Waals surface area contributed by atoms with Gasteiger partial charge in [-0.3, -0.25) is 0 Å². The Morgan fingerprint density at radius 1 is 1.33 bits per heavy atom. The van der Waals surface area contributed by atoms with Crippen molar-refractivity contribution in [2.24, 2.45) is 17.3 Å². The third-order valence-electron chi connectivity index (χ3n) is 7.06. The predicted octanol–water partition coefficient (Wildman–Crippen LogP) is 3.49. The number of nitrogens with one attached hydrogen (secondary N) is 1. The number of fused-ring (bicyclic) bond motifs is 1. The quantitative estimate of drug-likeness (QED) is 0.807. The van der Waals surface area contributed by atoms with Crippen LogP contribution in [0.4, 0.5) is 4.79 Å². The summed E-state index contributed by atoms with van der Waals surface area (Å²) in [6, 6.07) is 7.77. The van der Waals surface area contributed by atoms with Crippen molar-refractivity contribution >= 4 is 24.2 Å². The number of carboxylic acid groups (broad SMARTS) is 1. The molecular formula is C20H24BNO5. The minimum absolute atomic E-state index is 0.0641. The van der Waals surface area contributed by atoms with Crippen molar-refractivity contribution in [1.82, 2.24) is 5.32 Å². The fraction of sp³-hybridized carbons (Fsp3) is 0.550. The van der Waals surface area contributed by atoms with Gasteiger partial charge in [0.15, 0.2) is 0 Å². The number of hydrogen-bond acceptors (Lipinski definition) is 4. The van der Waals surface area contributed by atoms with Gasteiger partial charge in [0.05, 0.1) is 24.4 Å². The van der Waals surface area contributed by atoms with Crippen molar-refractivity contribution in [3.05, 3.63) is 36.1 Å². The van der Waals surface area contributed by atoms with Gasteiger partial charge in [0.2, 0.25) is 0 Å². The molecule has 4 fully saturated rings. The average molecular weight is 369 g/mol. The lowest BCUT2D eigenvalue weighted by atomic mass is 9.47. The largest absolute Gasteiger partial charge is 0.481 e. The fourth-order valence-corrected chi connectivity index (χ4v) is 5.35. The highest BCUT2D eigenvalue weighted by atomic mass is 16.7. The standard InChI is InChI=1S/C20H24BNO5/c1-20(2)12-8-14(20)18-16(9-12)26-21(27-18)17(22-19(23)24)7-11-10-25-15-6-4-3-5-13(11)15/h3-6,10,12,14,16-18,22H,7-9H2,1-2H3,(H,23,24)/t12-,14+,16+,17-,18?/m0/s1. The van der Waals surface area contributed by atoms with Crippen LogP contribution in [-0.2, 0) is 15.7 Å². The maximum Gasteiger partial charge on any atom is 0.481 e. The molecule has 0 radical (unpaired) electrons. The Balaban J connectivity index is 1.38. The van der Waals surface area contributed by atoms with E-state index >= 15 is 0 Å². The maximum atomic E-state index is 11.4. The number of carbonyl (C=O) groups is 1. The normalized spacial score (nSPS) is 32.0. The molecule has 1 aromatic heterocycles. The van der Waals surface area contributed by atoms with Crippen LogP contribution in [0.1, 0.15) is 32.3 Å². The van der Waals surface area contributed by atoms with Crippen LogP contribution in [0.5, 0.6) is 0 Å². The van der Waals surface area contributed by atoms with E-state index in [0.29, 0.717) is 18.3 Å². The SMILES string of the molecule is CC1(C)[C@H]2C[C@@H]1C1OB([C@H](Cc3coc4ccccc34)NC(=O)O)O[C@@H]1C2. The van der Waals surface area contributed by atoms with Gasteiger partial charge in [0, 0.05) is 5.39 Å². The summed E-state index contributed by atoms with van der Waals surface area (Å²) in [5.41, 5.74) is 2.04. The van der Waals surface area contributed by atoms with Gasteiger partial charge in [-0.25, -0.2) is 4.79 Å². The summed E-state index contributed by atoms with van der Waals surface area (Å²) in [5.74, 6) is 0.690. The molecule has 1 unspecified atom stereocenters. The van der Waals surface area contributed by atoms with E-state index < -0.39 is 19.2 Å². The summed E-state index contributed by atoms with van der Waals surface area (Å²) in [7, 11) is -0.570. The van der Waals surface area contributed by atoms with Crippen molar-refractivity contribution in [2.75, 3.05) is 0 Å². The van der Waals surface area contributed by atoms with Crippen LogP contribution >= 0.6 is 0 Å². The second-order valence-electron chi connectivity index (χ2n) is 8.76. The molecule has 1 aromatic carbocycles. The van der Waals surface area contributed by atoms with Crippen LogP contribution in [0.15, 0.2) is 34.9 Å². The molecule has 1 amide bonds. The number of para-hydroxylation sites is 1. The highest BCUT2D eigenvalue weighted by Crippen LogP contribution is 2.61. The molecule has 142 valence electrons. The van der Waals surface area contributed by atoms with Gasteiger partial charge in [-0.2, -0.15) is 0 Å². The van der Waals surface area contributed by atoms with Crippen LogP contribution in [0.2, 0.25) is 0 Å². The highest BCUT2D eigenvalue weighted by molar-refractivity contribution is 6.47. The maximum absolute atomic E-state index is 11.4. The Labute approximate surface area is 158 Å². The van der Waals surface area contributed by atoms with Crippen LogP contribution in [0.3, 0.4) is 0 Å². The van der Waals surface area contributed by atoms with Gasteiger partial charge < -0.3 is 24.1 Å². The Morgan fingerprint density at radius 2 is 2.15 bits per heavy atom. The molecule has 2 N–H and O–H groups in total. The van der Waals surface area contributed by atoms with Gasteiger partial charge in [-0.1, -0.05) is 32.0 Å². The van der Waals surface area contributed by atoms with Gasteiger partial charge in [-0.15, -0.1) is 0 Å². The third-order valence-corrected chi connectivity index (χ3v) is 7.06. The van der Waals surface area contributed by atoms with Gasteiger partial charge in [0.1, 0.15) is 5.58 Å². The molecule has 1 aliphatic heterocycles. The minimum atomic E-state index is -1.07. The molecule has 3 saturated carbocycles. The lowest BCUT2D eigenvalue weighted by Crippen LogP contribution is -2.59. The molecule has 6 nitrogen and oxygen atoms in total. The number of hydrogen-bond donors (Lipinski definition) is 2. The Hall–Kier alpha value is -1.99. The molecule has 3 aliphatic carbocycles. The lowest BCUT2D eigenvalue weighted by Gasteiger charge is -2.60. The summed E-state index contributed by atoms with van der Waals surface area (Å²) in [5, 5.41) is 12.9. The number of rotatable bonds is 4. The van der Waals surface area contributed by atoms with E-state index in [1.54, 1.807) is 6.26 Å². The molecule has 2 heterocycles. The third kappa shape index (κ3) is 2.67. The zero-order valence-electron chi connectivity index (χ0n) is 15.6. The minimum Gasteiger partial charge on any atom is -0.465 e. The van der Waals surface area contributed by atoms with E-state index in [2.05, 4.69) is 19.2 Å². The van der Waals surface area contributed by atoms with Crippen molar-refractivity contribution in [3.63, 3.8) is 0 Å². The summed E-state index contributed by atoms with van der Waals surface area (Å²) < 4.78 is 18.1. The van der Waals surface area contributed by atoms with Crippen LogP contribution in [0.25, 0.3) is 11.0 Å². The Morgan fingerprint density at radius 3 is 2.93 bits per heavy atom. The lowest BCUT2D eigenvalue weighted by molar-refractivity contribution is -0.150. The van der Waals surface area contributed by atoms with Gasteiger partial charge in [0.25, 0.3) is 0 Å². The first kappa shape index (κ1) is 17.1. The predicted molar refractivity (Wildman–Crippen MR) is 100 cm³/mol. The second kappa shape index (κ2) is 6.01. The molecular weight excluding hydrogens is 345 g/mol. The van der Waals surface area contributed by atoms with E-state index in [1.807, 2.05) is 24.3 Å². The fourth-order valence-electron chi connectivity index (χ4n) is 5.35. The molecule has 7 heteroatoms. The van der Waals surface area contributed by atoms with Crippen LogP contribution < -0.4 is 5.32 Å². The first-order valence-corrected chi connectivity index (χ1v) is 9.69. The molecule has 4 aliphatic rings. The van der Waals surface area contributed by atoms with Gasteiger partial charge >= 0.3 is 13.2 Å². The number of benzene rings is 1. The zero-order chi connectivity index (χ0) is 18.8. The molecule has 2 bridgehead atoms.